The molecule has 0 atom stereocenters. The number of benzene rings is 2. The van der Waals surface area contributed by atoms with Gasteiger partial charge in [-0.1, -0.05) is 114 Å². The third kappa shape index (κ3) is 12.3. The van der Waals surface area contributed by atoms with E-state index in [1.165, 1.54) is 88.2 Å². The molecule has 0 bridgehead atoms. The first-order valence-electron chi connectivity index (χ1n) is 13.3. The fourth-order valence-electron chi connectivity index (χ4n) is 3.93. The van der Waals surface area contributed by atoms with Gasteiger partial charge in [-0.15, -0.1) is 0 Å². The van der Waals surface area contributed by atoms with E-state index in [-0.39, 0.29) is 0 Å². The number of rotatable bonds is 16. The molecule has 2 nitrogen and oxygen atoms in total. The van der Waals surface area contributed by atoms with E-state index < -0.39 is 0 Å². The van der Waals surface area contributed by atoms with E-state index in [1.807, 2.05) is 0 Å². The first kappa shape index (κ1) is 26.5. The van der Waals surface area contributed by atoms with Crippen molar-refractivity contribution in [2.24, 2.45) is 0 Å². The Kier molecular flexibility index (Phi) is 14.6. The molecular weight excluding hydrogens is 392 g/mol. The number of hydrogen-bond acceptors (Lipinski definition) is 2. The third-order valence-corrected chi connectivity index (χ3v) is 5.97. The van der Waals surface area contributed by atoms with Crippen LogP contribution in [0.25, 0.3) is 0 Å². The number of hydrogen-bond donors (Lipinski definition) is 0. The summed E-state index contributed by atoms with van der Waals surface area (Å²) in [7, 11) is 0. The van der Waals surface area contributed by atoms with E-state index in [1.54, 1.807) is 0 Å². The SMILES string of the molecule is C1CO1.CCCCCCCCc1ccccc1Oc1ccccc1CCCCCCCC. The van der Waals surface area contributed by atoms with Crippen LogP contribution in [-0.4, -0.2) is 13.2 Å². The van der Waals surface area contributed by atoms with Crippen LogP contribution in [0.3, 0.4) is 0 Å². The molecule has 1 aliphatic rings. The molecule has 0 N–H and O–H groups in total. The maximum Gasteiger partial charge on any atom is 0.130 e. The largest absolute Gasteiger partial charge is 0.457 e. The Morgan fingerprint density at radius 3 is 1.34 bits per heavy atom. The summed E-state index contributed by atoms with van der Waals surface area (Å²) in [4.78, 5) is 0. The van der Waals surface area contributed by atoms with E-state index in [0.717, 1.165) is 37.6 Å². The van der Waals surface area contributed by atoms with Crippen molar-refractivity contribution >= 4 is 0 Å². The lowest BCUT2D eigenvalue weighted by molar-refractivity contribution is 0.466. The number of epoxide rings is 1. The van der Waals surface area contributed by atoms with Gasteiger partial charge >= 0.3 is 0 Å². The van der Waals surface area contributed by atoms with E-state index in [4.69, 9.17) is 4.74 Å². The zero-order chi connectivity index (χ0) is 22.7. The van der Waals surface area contributed by atoms with Crippen LogP contribution < -0.4 is 4.74 Å². The van der Waals surface area contributed by atoms with E-state index >= 15 is 0 Å². The van der Waals surface area contributed by atoms with Crippen molar-refractivity contribution < 1.29 is 9.47 Å². The van der Waals surface area contributed by atoms with Gasteiger partial charge in [0.25, 0.3) is 0 Å². The molecule has 0 spiro atoms. The second kappa shape index (κ2) is 17.7. The van der Waals surface area contributed by atoms with Crippen molar-refractivity contribution in [3.8, 4) is 11.5 Å². The number of unbranched alkanes of at least 4 members (excludes halogenated alkanes) is 10. The van der Waals surface area contributed by atoms with E-state index in [0.29, 0.717) is 0 Å². The molecule has 178 valence electrons. The molecule has 1 aliphatic heterocycles. The first-order chi connectivity index (χ1) is 15.8. The van der Waals surface area contributed by atoms with Crippen LogP contribution in [0.5, 0.6) is 11.5 Å². The Morgan fingerprint density at radius 2 is 0.938 bits per heavy atom. The predicted molar refractivity (Wildman–Crippen MR) is 138 cm³/mol. The predicted octanol–water partition coefficient (Wildman–Crippen LogP) is 9.30. The van der Waals surface area contributed by atoms with Crippen LogP contribution in [0.2, 0.25) is 0 Å². The van der Waals surface area contributed by atoms with Crippen molar-refractivity contribution in [1.29, 1.82) is 0 Å². The lowest BCUT2D eigenvalue weighted by atomic mass is 10.0. The summed E-state index contributed by atoms with van der Waals surface area (Å²) in [5.74, 6) is 2.08. The smallest absolute Gasteiger partial charge is 0.130 e. The van der Waals surface area contributed by atoms with Gasteiger partial charge in [-0.25, -0.2) is 0 Å². The molecule has 2 heteroatoms. The highest BCUT2D eigenvalue weighted by Crippen LogP contribution is 2.30. The molecule has 0 amide bonds. The van der Waals surface area contributed by atoms with Gasteiger partial charge in [0.05, 0.1) is 13.2 Å². The Bertz CT molecular complexity index is 647. The number of aryl methyl sites for hydroxylation is 2. The molecule has 3 rings (SSSR count). The summed E-state index contributed by atoms with van der Waals surface area (Å²) in [5.41, 5.74) is 2.69. The molecule has 1 saturated heterocycles. The average Bonchev–Trinajstić information content (AvgIpc) is 3.70. The van der Waals surface area contributed by atoms with Crippen molar-refractivity contribution in [2.45, 2.75) is 104 Å². The summed E-state index contributed by atoms with van der Waals surface area (Å²) in [6.07, 6.45) is 18.2. The Morgan fingerprint density at radius 1 is 0.562 bits per heavy atom. The Hall–Kier alpha value is -1.80. The van der Waals surface area contributed by atoms with Crippen LogP contribution in [0.1, 0.15) is 102 Å². The minimum absolute atomic E-state index is 1.00. The fraction of sp³-hybridized carbons (Fsp3) is 0.600. The third-order valence-electron chi connectivity index (χ3n) is 5.97. The average molecular weight is 439 g/mol. The lowest BCUT2D eigenvalue weighted by Crippen LogP contribution is -1.96. The van der Waals surface area contributed by atoms with Gasteiger partial charge in [0.15, 0.2) is 0 Å². The van der Waals surface area contributed by atoms with Gasteiger partial charge in [0, 0.05) is 0 Å². The molecule has 2 aromatic carbocycles. The Labute approximate surface area is 197 Å². The second-order valence-electron chi connectivity index (χ2n) is 8.97. The van der Waals surface area contributed by atoms with E-state index in [2.05, 4.69) is 67.1 Å². The molecule has 0 unspecified atom stereocenters. The highest BCUT2D eigenvalue weighted by molar-refractivity contribution is 5.41. The maximum atomic E-state index is 6.43. The molecule has 1 fully saturated rings. The van der Waals surface area contributed by atoms with Crippen LogP contribution >= 0.6 is 0 Å². The molecule has 0 radical (unpaired) electrons. The summed E-state index contributed by atoms with van der Waals surface area (Å²) >= 11 is 0. The van der Waals surface area contributed by atoms with Gasteiger partial charge in [-0.05, 0) is 48.9 Å². The maximum absolute atomic E-state index is 6.43. The van der Waals surface area contributed by atoms with Crippen molar-refractivity contribution in [3.63, 3.8) is 0 Å². The zero-order valence-electron chi connectivity index (χ0n) is 20.7. The van der Waals surface area contributed by atoms with Gasteiger partial charge in [-0.3, -0.25) is 0 Å². The molecule has 0 saturated carbocycles. The van der Waals surface area contributed by atoms with Crippen molar-refractivity contribution in [3.05, 3.63) is 59.7 Å². The normalized spacial score (nSPS) is 12.2. The second-order valence-corrected chi connectivity index (χ2v) is 8.97. The summed E-state index contributed by atoms with van der Waals surface area (Å²) in [5, 5.41) is 0. The lowest BCUT2D eigenvalue weighted by Gasteiger charge is -2.14. The van der Waals surface area contributed by atoms with E-state index in [9.17, 15) is 0 Å². The van der Waals surface area contributed by atoms with Crippen molar-refractivity contribution in [1.82, 2.24) is 0 Å². The van der Waals surface area contributed by atoms with Crippen LogP contribution in [0.15, 0.2) is 48.5 Å². The molecule has 0 aromatic heterocycles. The molecular formula is C30H46O2. The minimum atomic E-state index is 1.00. The summed E-state index contributed by atoms with van der Waals surface area (Å²) < 4.78 is 10.9. The standard InChI is InChI=1S/C28H42O.C2H4O/c1-3-5-7-9-11-13-19-25-21-15-17-23-27(25)29-28-24-18-16-22-26(28)20-14-12-10-8-6-4-2;1-2-3-1/h15-18,21-24H,3-14,19-20H2,1-2H3;1-2H2. The van der Waals surface area contributed by atoms with Gasteiger partial charge in [-0.2, -0.15) is 0 Å². The number of ether oxygens (including phenoxy) is 2. The van der Waals surface area contributed by atoms with Crippen LogP contribution in [-0.2, 0) is 17.6 Å². The quantitative estimate of drug-likeness (QED) is 0.192. The van der Waals surface area contributed by atoms with Crippen LogP contribution in [0.4, 0.5) is 0 Å². The monoisotopic (exact) mass is 438 g/mol. The topological polar surface area (TPSA) is 21.8 Å². The zero-order valence-corrected chi connectivity index (χ0v) is 20.7. The number of para-hydroxylation sites is 2. The highest BCUT2D eigenvalue weighted by Gasteiger charge is 2.08. The molecule has 1 heterocycles. The first-order valence-corrected chi connectivity index (χ1v) is 13.3. The van der Waals surface area contributed by atoms with Gasteiger partial charge in [0.1, 0.15) is 11.5 Å². The molecule has 0 aliphatic carbocycles. The fourth-order valence-corrected chi connectivity index (χ4v) is 3.93. The highest BCUT2D eigenvalue weighted by atomic mass is 16.6. The Balaban J connectivity index is 0.00000111. The van der Waals surface area contributed by atoms with Gasteiger partial charge < -0.3 is 9.47 Å². The molecule has 2 aromatic rings. The van der Waals surface area contributed by atoms with Crippen LogP contribution in [0, 0.1) is 0 Å². The summed E-state index contributed by atoms with van der Waals surface area (Å²) in [6.45, 7) is 6.55. The minimum Gasteiger partial charge on any atom is -0.457 e. The summed E-state index contributed by atoms with van der Waals surface area (Å²) in [6, 6.07) is 17.2. The van der Waals surface area contributed by atoms with Crippen molar-refractivity contribution in [2.75, 3.05) is 13.2 Å². The molecule has 32 heavy (non-hydrogen) atoms. The van der Waals surface area contributed by atoms with Gasteiger partial charge in [0.2, 0.25) is 0 Å².